The highest BCUT2D eigenvalue weighted by atomic mass is 79.9. The maximum absolute atomic E-state index is 11.5. The lowest BCUT2D eigenvalue weighted by atomic mass is 9.44. The number of carboxylic acids is 1. The second-order valence-corrected chi connectivity index (χ2v) is 16.5. The molecule has 1 aromatic rings. The fourth-order valence-electron chi connectivity index (χ4n) is 10.7. The van der Waals surface area contributed by atoms with Crippen LogP contribution in [0, 0.1) is 52.3 Å². The number of fused-ring (bicyclic) bond motifs is 5. The number of carboxylic acid groups (broad SMARTS) is 1. The van der Waals surface area contributed by atoms with E-state index in [0.717, 1.165) is 59.2 Å². The van der Waals surface area contributed by atoms with E-state index in [-0.39, 0.29) is 0 Å². The summed E-state index contributed by atoms with van der Waals surface area (Å²) < 4.78 is 6.57. The van der Waals surface area contributed by atoms with E-state index in [0.29, 0.717) is 34.3 Å². The number of aliphatic carboxylic acids is 1. The van der Waals surface area contributed by atoms with E-state index in [4.69, 9.17) is 4.74 Å². The van der Waals surface area contributed by atoms with Crippen LogP contribution in [0.4, 0.5) is 0 Å². The van der Waals surface area contributed by atoms with E-state index in [1.165, 1.54) is 70.6 Å². The molecule has 234 valence electrons. The zero-order chi connectivity index (χ0) is 30.1. The first-order valence-electron chi connectivity index (χ1n) is 17.3. The average molecular weight is 642 g/mol. The molecule has 0 saturated heterocycles. The molecule has 0 aromatic heterocycles. The smallest absolute Gasteiger partial charge is 0.331 e. The number of hydrogen-bond acceptors (Lipinski definition) is 2. The fraction of sp³-hybridized carbons (Fsp3) is 0.763. The largest absolute Gasteiger partial charge is 0.490 e. The van der Waals surface area contributed by atoms with Crippen molar-refractivity contribution < 1.29 is 14.6 Å². The number of alkyl halides is 1. The Kier molecular flexibility index (Phi) is 10.2. The molecular weight excluding hydrogens is 584 g/mol. The van der Waals surface area contributed by atoms with Crippen molar-refractivity contribution in [3.05, 3.63) is 35.4 Å². The van der Waals surface area contributed by atoms with Crippen molar-refractivity contribution in [3.63, 3.8) is 0 Å². The van der Waals surface area contributed by atoms with Crippen LogP contribution in [-0.2, 0) is 4.79 Å². The highest BCUT2D eigenvalue weighted by molar-refractivity contribution is 9.09. The lowest BCUT2D eigenvalue weighted by molar-refractivity contribution is -0.132. The van der Waals surface area contributed by atoms with Crippen LogP contribution in [0.2, 0.25) is 0 Å². The summed E-state index contributed by atoms with van der Waals surface area (Å²) in [7, 11) is 0. The van der Waals surface area contributed by atoms with Crippen LogP contribution in [0.25, 0.3) is 6.08 Å². The van der Waals surface area contributed by atoms with Gasteiger partial charge in [-0.1, -0.05) is 81.9 Å². The van der Waals surface area contributed by atoms with Crippen LogP contribution < -0.4 is 4.74 Å². The summed E-state index contributed by atoms with van der Waals surface area (Å²) in [5, 5.41) is 10.1. The highest BCUT2D eigenvalue weighted by Gasteiger charge is 2.60. The Morgan fingerprint density at radius 2 is 1.69 bits per heavy atom. The average Bonchev–Trinajstić information content (AvgIpc) is 3.31. The predicted octanol–water partition coefficient (Wildman–Crippen LogP) is 10.8. The molecule has 4 fully saturated rings. The molecule has 1 N–H and O–H groups in total. The van der Waals surface area contributed by atoms with Gasteiger partial charge >= 0.3 is 5.97 Å². The standard InChI is InChI=1S/C38H57BrO3/c1-25(2)7-6-8-26(3)33-15-16-34-32-14-11-29-24-31(17-20-37(29,4)35(32)18-21-38(33,34)5)42-30-12-9-27(10-13-30)23-28(19-22-39)36(40)41/h9-10,12-13,23,25-26,29,31-35H,6-8,11,14-22,24H2,1-5H3,(H,40,41)/t26-,29?,31?,32+,33-,34+,35+,37+,38-/m1/s1. The molecule has 9 atom stereocenters. The van der Waals surface area contributed by atoms with Gasteiger partial charge < -0.3 is 9.84 Å². The summed E-state index contributed by atoms with van der Waals surface area (Å²) in [6, 6.07) is 8.02. The number of ether oxygens (including phenoxy) is 1. The van der Waals surface area contributed by atoms with Gasteiger partial charge in [-0.05, 0) is 140 Å². The van der Waals surface area contributed by atoms with Gasteiger partial charge in [-0.15, -0.1) is 0 Å². The van der Waals surface area contributed by atoms with Gasteiger partial charge in [0.25, 0.3) is 0 Å². The van der Waals surface area contributed by atoms with Crippen LogP contribution in [0.1, 0.15) is 124 Å². The van der Waals surface area contributed by atoms with Crippen LogP contribution in [-0.4, -0.2) is 22.5 Å². The molecule has 3 nitrogen and oxygen atoms in total. The van der Waals surface area contributed by atoms with E-state index in [2.05, 4.69) is 50.5 Å². The van der Waals surface area contributed by atoms with Gasteiger partial charge in [0.15, 0.2) is 0 Å². The number of halogens is 1. The van der Waals surface area contributed by atoms with Crippen LogP contribution in [0.5, 0.6) is 5.75 Å². The van der Waals surface area contributed by atoms with Gasteiger partial charge in [-0.2, -0.15) is 0 Å². The zero-order valence-corrected chi connectivity index (χ0v) is 28.6. The van der Waals surface area contributed by atoms with Gasteiger partial charge in [0.2, 0.25) is 0 Å². The first-order chi connectivity index (χ1) is 20.0. The van der Waals surface area contributed by atoms with Crippen molar-refractivity contribution in [2.24, 2.45) is 52.3 Å². The van der Waals surface area contributed by atoms with Crippen molar-refractivity contribution in [2.45, 2.75) is 124 Å². The van der Waals surface area contributed by atoms with Crippen molar-refractivity contribution in [1.82, 2.24) is 0 Å². The van der Waals surface area contributed by atoms with Gasteiger partial charge in [0.05, 0.1) is 6.10 Å². The minimum Gasteiger partial charge on any atom is -0.490 e. The maximum Gasteiger partial charge on any atom is 0.331 e. The monoisotopic (exact) mass is 640 g/mol. The zero-order valence-electron chi connectivity index (χ0n) is 27.0. The van der Waals surface area contributed by atoms with Crippen LogP contribution >= 0.6 is 15.9 Å². The van der Waals surface area contributed by atoms with Crippen molar-refractivity contribution >= 4 is 28.0 Å². The molecule has 1 aromatic carbocycles. The molecule has 4 aliphatic carbocycles. The molecule has 4 saturated carbocycles. The quantitative estimate of drug-likeness (QED) is 0.193. The summed E-state index contributed by atoms with van der Waals surface area (Å²) in [4.78, 5) is 11.5. The molecular formula is C38H57BrO3. The van der Waals surface area contributed by atoms with E-state index >= 15 is 0 Å². The summed E-state index contributed by atoms with van der Waals surface area (Å²) in [5.74, 6) is 6.29. The van der Waals surface area contributed by atoms with Gasteiger partial charge in [-0.3, -0.25) is 0 Å². The topological polar surface area (TPSA) is 46.5 Å². The lowest BCUT2D eigenvalue weighted by Crippen LogP contribution is -2.54. The van der Waals surface area contributed by atoms with E-state index < -0.39 is 5.97 Å². The summed E-state index contributed by atoms with van der Waals surface area (Å²) in [6.45, 7) is 12.7. The molecule has 4 heteroatoms. The van der Waals surface area contributed by atoms with E-state index in [1.807, 2.05) is 24.3 Å². The molecule has 0 amide bonds. The SMILES string of the molecule is CC(C)CCC[C@@H](C)[C@H]1CC[C@H]2[C@@H]3CCC4CC(Oc5ccc(C=C(CCBr)C(=O)O)cc5)CC[C@]4(C)[C@H]3CC[C@]12C. The Labute approximate surface area is 264 Å². The highest BCUT2D eigenvalue weighted by Crippen LogP contribution is 2.68. The Morgan fingerprint density at radius 1 is 0.976 bits per heavy atom. The number of rotatable bonds is 11. The minimum atomic E-state index is -0.850. The summed E-state index contributed by atoms with van der Waals surface area (Å²) in [5.41, 5.74) is 2.39. The molecule has 0 heterocycles. The second kappa shape index (κ2) is 13.4. The molecule has 2 unspecified atom stereocenters. The lowest BCUT2D eigenvalue weighted by Gasteiger charge is -2.61. The van der Waals surface area contributed by atoms with Gasteiger partial charge in [0.1, 0.15) is 5.75 Å². The van der Waals surface area contributed by atoms with E-state index in [1.54, 1.807) is 6.08 Å². The number of benzene rings is 1. The van der Waals surface area contributed by atoms with Crippen molar-refractivity contribution in [2.75, 3.05) is 5.33 Å². The first kappa shape index (κ1) is 32.1. The first-order valence-corrected chi connectivity index (χ1v) is 18.4. The molecule has 5 rings (SSSR count). The Bertz CT molecular complexity index is 1090. The normalized spacial score (nSPS) is 37.1. The molecule has 0 bridgehead atoms. The Hall–Kier alpha value is -1.29. The van der Waals surface area contributed by atoms with Crippen LogP contribution in [0.3, 0.4) is 0 Å². The third-order valence-electron chi connectivity index (χ3n) is 13.0. The predicted molar refractivity (Wildman–Crippen MR) is 178 cm³/mol. The Balaban J connectivity index is 1.19. The van der Waals surface area contributed by atoms with Crippen molar-refractivity contribution in [3.8, 4) is 5.75 Å². The number of hydrogen-bond donors (Lipinski definition) is 1. The third-order valence-corrected chi connectivity index (χ3v) is 13.4. The van der Waals surface area contributed by atoms with Gasteiger partial charge in [-0.25, -0.2) is 4.79 Å². The molecule has 0 spiro atoms. The van der Waals surface area contributed by atoms with Crippen LogP contribution in [0.15, 0.2) is 29.8 Å². The molecule has 42 heavy (non-hydrogen) atoms. The summed E-state index contributed by atoms with van der Waals surface area (Å²) in [6.07, 6.45) is 19.1. The van der Waals surface area contributed by atoms with Crippen molar-refractivity contribution in [1.29, 1.82) is 0 Å². The third kappa shape index (κ3) is 6.54. The molecule has 4 aliphatic rings. The second-order valence-electron chi connectivity index (χ2n) is 15.7. The maximum atomic E-state index is 11.5. The van der Waals surface area contributed by atoms with E-state index in [9.17, 15) is 9.90 Å². The molecule has 0 radical (unpaired) electrons. The fourth-order valence-corrected chi connectivity index (χ4v) is 11.2. The Morgan fingerprint density at radius 3 is 2.38 bits per heavy atom. The molecule has 0 aliphatic heterocycles. The van der Waals surface area contributed by atoms with Gasteiger partial charge in [0, 0.05) is 10.9 Å². The number of carbonyl (C=O) groups is 1. The summed E-state index contributed by atoms with van der Waals surface area (Å²) >= 11 is 3.35. The minimum absolute atomic E-state index is 0.292.